The van der Waals surface area contributed by atoms with Crippen molar-refractivity contribution in [3.05, 3.63) is 39.6 Å². The van der Waals surface area contributed by atoms with Gasteiger partial charge >= 0.3 is 10.3 Å². The van der Waals surface area contributed by atoms with Crippen LogP contribution in [0.25, 0.3) is 0 Å². The number of hydrogen-bond donors (Lipinski definition) is 0. The molecule has 96 valence electrons. The minimum absolute atomic E-state index is 0.314. The Morgan fingerprint density at radius 3 is 2.78 bits per heavy atom. The van der Waals surface area contributed by atoms with Gasteiger partial charge in [0.2, 0.25) is 0 Å². The van der Waals surface area contributed by atoms with Crippen LogP contribution in [0.1, 0.15) is 11.1 Å². The molecule has 0 saturated carbocycles. The van der Waals surface area contributed by atoms with E-state index in [9.17, 15) is 8.42 Å². The zero-order chi connectivity index (χ0) is 13.3. The van der Waals surface area contributed by atoms with Gasteiger partial charge in [-0.1, -0.05) is 34.7 Å². The average Bonchev–Trinajstić information content (AvgIpc) is 2.30. The molecule has 0 unspecified atom stereocenters. The molecule has 0 radical (unpaired) electrons. The summed E-state index contributed by atoms with van der Waals surface area (Å²) < 4.78 is 31.7. The quantitative estimate of drug-likeness (QED) is 0.705. The maximum atomic E-state index is 12.0. The van der Waals surface area contributed by atoms with Crippen LogP contribution in [0.3, 0.4) is 0 Å². The summed E-state index contributed by atoms with van der Waals surface area (Å²) in [6.07, 6.45) is 1.41. The molecule has 7 heteroatoms. The van der Waals surface area contributed by atoms with Crippen molar-refractivity contribution >= 4 is 38.7 Å². The summed E-state index contributed by atoms with van der Waals surface area (Å²) in [6.45, 7) is 1.89. The molecule has 0 N–H and O–H groups in total. The van der Waals surface area contributed by atoms with E-state index in [4.69, 9.17) is 4.18 Å². The lowest BCUT2D eigenvalue weighted by Crippen LogP contribution is -2.40. The lowest BCUT2D eigenvalue weighted by molar-refractivity contribution is 0.443. The molecule has 1 aliphatic rings. The van der Waals surface area contributed by atoms with Gasteiger partial charge in [-0.25, -0.2) is 0 Å². The highest BCUT2D eigenvalue weighted by Gasteiger charge is 2.35. The standard InChI is InChI=1S/C11H11IN2O3S/c1-8-4-3-5-9-10(8)11(13-2)14(7-6-12)18(15,16)17-9/h3-7H,1-2H3/b7-6-,13-11?. The summed E-state index contributed by atoms with van der Waals surface area (Å²) in [5.41, 5.74) is 1.61. The minimum Gasteiger partial charge on any atom is -0.366 e. The first-order chi connectivity index (χ1) is 8.51. The highest BCUT2D eigenvalue weighted by Crippen LogP contribution is 2.32. The van der Waals surface area contributed by atoms with Crippen LogP contribution in [0.4, 0.5) is 0 Å². The first kappa shape index (κ1) is 13.3. The monoisotopic (exact) mass is 378 g/mol. The van der Waals surface area contributed by atoms with E-state index < -0.39 is 10.3 Å². The molecule has 2 rings (SSSR count). The summed E-state index contributed by atoms with van der Waals surface area (Å²) in [6, 6.07) is 5.26. The number of nitrogens with zero attached hydrogens (tertiary/aromatic N) is 2. The molecule has 1 heterocycles. The van der Waals surface area contributed by atoms with Crippen LogP contribution in [-0.4, -0.2) is 25.6 Å². The SMILES string of the molecule is CN=C1c2c(C)cccc2OS(=O)(=O)N1/C=C\I. The Bertz CT molecular complexity index is 638. The Morgan fingerprint density at radius 2 is 2.17 bits per heavy atom. The Balaban J connectivity index is 2.74. The summed E-state index contributed by atoms with van der Waals surface area (Å²) in [4.78, 5) is 4.07. The van der Waals surface area contributed by atoms with Crippen molar-refractivity contribution in [3.8, 4) is 5.75 Å². The van der Waals surface area contributed by atoms with Crippen LogP contribution < -0.4 is 4.18 Å². The van der Waals surface area contributed by atoms with Gasteiger partial charge in [-0.05, 0) is 22.6 Å². The van der Waals surface area contributed by atoms with E-state index in [1.54, 1.807) is 23.3 Å². The van der Waals surface area contributed by atoms with E-state index in [0.717, 1.165) is 9.87 Å². The highest BCUT2D eigenvalue weighted by molar-refractivity contribution is 14.1. The normalized spacial score (nSPS) is 19.9. The van der Waals surface area contributed by atoms with Crippen LogP contribution >= 0.6 is 22.6 Å². The summed E-state index contributed by atoms with van der Waals surface area (Å²) in [7, 11) is -2.31. The van der Waals surface area contributed by atoms with Gasteiger partial charge in [0.1, 0.15) is 0 Å². The fourth-order valence-electron chi connectivity index (χ4n) is 1.77. The van der Waals surface area contributed by atoms with Crippen LogP contribution in [0, 0.1) is 6.92 Å². The van der Waals surface area contributed by atoms with E-state index in [-0.39, 0.29) is 0 Å². The third-order valence-corrected chi connectivity index (χ3v) is 3.99. The van der Waals surface area contributed by atoms with Gasteiger partial charge in [0, 0.05) is 13.2 Å². The van der Waals surface area contributed by atoms with Crippen molar-refractivity contribution in [1.82, 2.24) is 4.31 Å². The van der Waals surface area contributed by atoms with Gasteiger partial charge in [-0.3, -0.25) is 4.99 Å². The molecule has 0 aromatic heterocycles. The molecular formula is C11H11IN2O3S. The van der Waals surface area contributed by atoms with Crippen LogP contribution in [0.2, 0.25) is 0 Å². The zero-order valence-electron chi connectivity index (χ0n) is 9.79. The van der Waals surface area contributed by atoms with Gasteiger partial charge in [0.05, 0.1) is 5.56 Å². The maximum Gasteiger partial charge on any atom is 0.415 e. The second-order valence-electron chi connectivity index (χ2n) is 3.61. The van der Waals surface area contributed by atoms with E-state index in [1.807, 2.05) is 35.6 Å². The van der Waals surface area contributed by atoms with Gasteiger partial charge < -0.3 is 4.18 Å². The summed E-state index contributed by atoms with van der Waals surface area (Å²) in [5.74, 6) is 0.677. The molecule has 18 heavy (non-hydrogen) atoms. The molecule has 0 spiro atoms. The number of benzene rings is 1. The molecule has 1 aromatic carbocycles. The molecule has 5 nitrogen and oxygen atoms in total. The van der Waals surface area contributed by atoms with Crippen molar-refractivity contribution in [2.45, 2.75) is 6.92 Å². The lowest BCUT2D eigenvalue weighted by atomic mass is 10.1. The smallest absolute Gasteiger partial charge is 0.366 e. The Hall–Kier alpha value is -1.09. The van der Waals surface area contributed by atoms with Gasteiger partial charge in [-0.2, -0.15) is 12.7 Å². The number of aryl methyl sites for hydroxylation is 1. The van der Waals surface area contributed by atoms with Crippen molar-refractivity contribution in [2.24, 2.45) is 4.99 Å². The van der Waals surface area contributed by atoms with Gasteiger partial charge in [0.25, 0.3) is 0 Å². The number of fused-ring (bicyclic) bond motifs is 1. The second-order valence-corrected chi connectivity index (χ2v) is 5.74. The van der Waals surface area contributed by atoms with E-state index in [2.05, 4.69) is 4.99 Å². The first-order valence-corrected chi connectivity index (χ1v) is 7.70. The van der Waals surface area contributed by atoms with Crippen LogP contribution in [0.5, 0.6) is 5.75 Å². The van der Waals surface area contributed by atoms with E-state index in [1.165, 1.54) is 6.20 Å². The number of amidine groups is 1. The maximum absolute atomic E-state index is 12.0. The van der Waals surface area contributed by atoms with Crippen molar-refractivity contribution in [3.63, 3.8) is 0 Å². The largest absolute Gasteiger partial charge is 0.415 e. The molecule has 0 bridgehead atoms. The van der Waals surface area contributed by atoms with Crippen LogP contribution in [-0.2, 0) is 10.3 Å². The topological polar surface area (TPSA) is 59.0 Å². The lowest BCUT2D eigenvalue weighted by Gasteiger charge is -2.28. The average molecular weight is 378 g/mol. The summed E-state index contributed by atoms with van der Waals surface area (Å²) >= 11 is 1.94. The molecule has 0 atom stereocenters. The van der Waals surface area contributed by atoms with E-state index >= 15 is 0 Å². The predicted octanol–water partition coefficient (Wildman–Crippen LogP) is 2.22. The highest BCUT2D eigenvalue weighted by atomic mass is 127. The first-order valence-electron chi connectivity index (χ1n) is 5.08. The van der Waals surface area contributed by atoms with Gasteiger partial charge in [0.15, 0.2) is 11.6 Å². The number of rotatable bonds is 1. The second kappa shape index (κ2) is 4.88. The number of hydrogen-bond acceptors (Lipinski definition) is 4. The Labute approximate surface area is 120 Å². The molecule has 1 aliphatic heterocycles. The molecular weight excluding hydrogens is 367 g/mol. The minimum atomic E-state index is -3.87. The van der Waals surface area contributed by atoms with Gasteiger partial charge in [-0.15, -0.1) is 0 Å². The number of halogens is 1. The zero-order valence-corrected chi connectivity index (χ0v) is 12.8. The van der Waals surface area contributed by atoms with Crippen molar-refractivity contribution in [1.29, 1.82) is 0 Å². The molecule has 0 fully saturated rings. The third-order valence-electron chi connectivity index (χ3n) is 2.51. The fraction of sp³-hybridized carbons (Fsp3) is 0.182. The summed E-state index contributed by atoms with van der Waals surface area (Å²) in [5, 5.41) is 0. The molecule has 0 saturated heterocycles. The van der Waals surface area contributed by atoms with Crippen LogP contribution in [0.15, 0.2) is 33.5 Å². The Morgan fingerprint density at radius 1 is 1.44 bits per heavy atom. The van der Waals surface area contributed by atoms with E-state index in [0.29, 0.717) is 17.1 Å². The molecule has 0 amide bonds. The molecule has 1 aromatic rings. The fourth-order valence-corrected chi connectivity index (χ4v) is 3.35. The number of aliphatic imine (C=N–C) groups is 1. The third kappa shape index (κ3) is 2.12. The van der Waals surface area contributed by atoms with Crippen molar-refractivity contribution < 1.29 is 12.6 Å². The Kier molecular flexibility index (Phi) is 3.62. The van der Waals surface area contributed by atoms with Crippen molar-refractivity contribution in [2.75, 3.05) is 7.05 Å². The predicted molar refractivity (Wildman–Crippen MR) is 78.2 cm³/mol. The molecule has 0 aliphatic carbocycles.